The first-order valence-electron chi connectivity index (χ1n) is 15.0. The topological polar surface area (TPSA) is 13.1 Å². The highest BCUT2D eigenvalue weighted by atomic mass is 15.1. The van der Waals surface area contributed by atoms with Gasteiger partial charge in [0.1, 0.15) is 0 Å². The second-order valence-electron chi connectivity index (χ2n) is 12.3. The minimum Gasteiger partial charge on any atom is -0.335 e. The number of fused-ring (bicyclic) bond motifs is 6. The predicted molar refractivity (Wildman–Crippen MR) is 183 cm³/mol. The monoisotopic (exact) mass is 555 g/mol. The Morgan fingerprint density at radius 1 is 0.419 bits per heavy atom. The first-order chi connectivity index (χ1) is 21.0. The second kappa shape index (κ2) is 9.64. The lowest BCUT2D eigenvalue weighted by Crippen LogP contribution is -2.21. The maximum absolute atomic E-state index is 2.47. The van der Waals surface area contributed by atoms with E-state index in [0.29, 0.717) is 0 Å². The molecule has 208 valence electrons. The summed E-state index contributed by atoms with van der Waals surface area (Å²) in [5, 5.41) is 5.06. The van der Waals surface area contributed by atoms with Crippen molar-refractivity contribution in [3.05, 3.63) is 146 Å². The molecule has 0 atom stereocenters. The summed E-state index contributed by atoms with van der Waals surface area (Å²) in [6.45, 7) is 6.85. The van der Waals surface area contributed by atoms with Gasteiger partial charge in [-0.2, -0.15) is 0 Å². The summed E-state index contributed by atoms with van der Waals surface area (Å²) < 4.78 is 4.90. The highest BCUT2D eigenvalue weighted by Crippen LogP contribution is 2.41. The zero-order valence-corrected chi connectivity index (χ0v) is 24.7. The normalized spacial score (nSPS) is 12.1. The van der Waals surface area contributed by atoms with Crippen LogP contribution >= 0.6 is 0 Å². The third-order valence-corrected chi connectivity index (χ3v) is 8.53. The molecule has 8 aromatic rings. The van der Waals surface area contributed by atoms with E-state index in [-0.39, 0.29) is 5.54 Å². The molecule has 0 bridgehead atoms. The van der Waals surface area contributed by atoms with E-state index < -0.39 is 0 Å². The lowest BCUT2D eigenvalue weighted by Gasteiger charge is -2.25. The largest absolute Gasteiger partial charge is 0.335 e. The molecule has 0 fully saturated rings. The molecular weight excluding hydrogens is 522 g/mol. The summed E-state index contributed by atoms with van der Waals surface area (Å²) in [7, 11) is 0. The smallest absolute Gasteiger partial charge is 0.0542 e. The summed E-state index contributed by atoms with van der Waals surface area (Å²) in [6.07, 6.45) is 0. The molecule has 0 aliphatic rings. The van der Waals surface area contributed by atoms with Crippen molar-refractivity contribution in [1.82, 2.24) is 9.13 Å². The van der Waals surface area contributed by atoms with Crippen LogP contribution in [0.4, 0.5) is 17.1 Å². The van der Waals surface area contributed by atoms with Crippen molar-refractivity contribution < 1.29 is 0 Å². The Morgan fingerprint density at radius 3 is 1.56 bits per heavy atom. The Labute approximate surface area is 251 Å². The van der Waals surface area contributed by atoms with Gasteiger partial charge in [-0.05, 0) is 93.6 Å². The summed E-state index contributed by atoms with van der Waals surface area (Å²) in [6, 6.07) is 52.6. The average molecular weight is 556 g/mol. The second-order valence-corrected chi connectivity index (χ2v) is 12.3. The molecule has 0 saturated carbocycles. The SMILES string of the molecule is CC(C)(C)n1c2ccccc2c2cc(-n3c4ccccc4c4cc(N(c5ccccc5)c5ccccc5)ccc43)ccc21. The van der Waals surface area contributed by atoms with Crippen LogP contribution in [-0.2, 0) is 5.54 Å². The molecule has 8 rings (SSSR count). The molecule has 0 amide bonds. The van der Waals surface area contributed by atoms with Gasteiger partial charge in [0.2, 0.25) is 0 Å². The first-order valence-corrected chi connectivity index (χ1v) is 15.0. The molecule has 6 aromatic carbocycles. The average Bonchev–Trinajstić information content (AvgIpc) is 3.55. The van der Waals surface area contributed by atoms with E-state index in [4.69, 9.17) is 0 Å². The number of aromatic nitrogens is 2. The Balaban J connectivity index is 1.37. The van der Waals surface area contributed by atoms with Crippen LogP contribution in [0.3, 0.4) is 0 Å². The molecular formula is C40H33N3. The number of para-hydroxylation sites is 4. The van der Waals surface area contributed by atoms with Crippen molar-refractivity contribution in [3.8, 4) is 5.69 Å². The molecule has 0 aliphatic carbocycles. The highest BCUT2D eigenvalue weighted by molar-refractivity contribution is 6.12. The van der Waals surface area contributed by atoms with Gasteiger partial charge in [0, 0.05) is 60.9 Å². The van der Waals surface area contributed by atoms with E-state index in [1.165, 1.54) is 49.3 Å². The van der Waals surface area contributed by atoms with Crippen LogP contribution in [0.2, 0.25) is 0 Å². The molecule has 0 N–H and O–H groups in total. The van der Waals surface area contributed by atoms with E-state index >= 15 is 0 Å². The maximum atomic E-state index is 2.47. The van der Waals surface area contributed by atoms with E-state index in [1.807, 2.05) is 0 Å². The van der Waals surface area contributed by atoms with Gasteiger partial charge >= 0.3 is 0 Å². The Bertz CT molecular complexity index is 2230. The fraction of sp³-hybridized carbons (Fsp3) is 0.100. The summed E-state index contributed by atoms with van der Waals surface area (Å²) in [5.74, 6) is 0. The van der Waals surface area contributed by atoms with E-state index in [2.05, 4.69) is 180 Å². The zero-order chi connectivity index (χ0) is 29.1. The van der Waals surface area contributed by atoms with Gasteiger partial charge in [-0.3, -0.25) is 0 Å². The maximum Gasteiger partial charge on any atom is 0.0542 e. The molecule has 2 aromatic heterocycles. The lowest BCUT2D eigenvalue weighted by molar-refractivity contribution is 0.423. The van der Waals surface area contributed by atoms with Gasteiger partial charge in [0.15, 0.2) is 0 Å². The van der Waals surface area contributed by atoms with Crippen LogP contribution < -0.4 is 4.90 Å². The molecule has 3 heteroatoms. The minimum absolute atomic E-state index is 0.0322. The molecule has 2 heterocycles. The van der Waals surface area contributed by atoms with Crippen LogP contribution in [-0.4, -0.2) is 9.13 Å². The molecule has 0 spiro atoms. The van der Waals surface area contributed by atoms with Gasteiger partial charge in [-0.1, -0.05) is 72.8 Å². The van der Waals surface area contributed by atoms with Crippen LogP contribution in [0.1, 0.15) is 20.8 Å². The van der Waals surface area contributed by atoms with Gasteiger partial charge in [0.25, 0.3) is 0 Å². The number of hydrogen-bond acceptors (Lipinski definition) is 1. The molecule has 0 aliphatic heterocycles. The van der Waals surface area contributed by atoms with Gasteiger partial charge in [0.05, 0.1) is 11.0 Å². The van der Waals surface area contributed by atoms with Crippen molar-refractivity contribution in [1.29, 1.82) is 0 Å². The first kappa shape index (κ1) is 25.4. The Hall–Kier alpha value is -5.28. The standard InChI is InChI=1S/C40H33N3/c1-40(2,3)43-38-21-13-11-19-33(38)35-27-31(23-25-39(35)43)42-36-20-12-10-18-32(36)34-26-30(22-24-37(34)42)41(28-14-6-4-7-15-28)29-16-8-5-9-17-29/h4-27H,1-3H3. The zero-order valence-electron chi connectivity index (χ0n) is 24.7. The molecule has 43 heavy (non-hydrogen) atoms. The fourth-order valence-corrected chi connectivity index (χ4v) is 6.80. The van der Waals surface area contributed by atoms with E-state index in [9.17, 15) is 0 Å². The quantitative estimate of drug-likeness (QED) is 0.210. The van der Waals surface area contributed by atoms with Crippen LogP contribution in [0.25, 0.3) is 49.3 Å². The number of hydrogen-bond donors (Lipinski definition) is 0. The van der Waals surface area contributed by atoms with Crippen molar-refractivity contribution in [2.24, 2.45) is 0 Å². The third-order valence-electron chi connectivity index (χ3n) is 8.53. The molecule has 0 radical (unpaired) electrons. The molecule has 0 unspecified atom stereocenters. The van der Waals surface area contributed by atoms with Crippen LogP contribution in [0.5, 0.6) is 0 Å². The molecule has 3 nitrogen and oxygen atoms in total. The summed E-state index contributed by atoms with van der Waals surface area (Å²) in [5.41, 5.74) is 9.50. The third kappa shape index (κ3) is 4.04. The van der Waals surface area contributed by atoms with Crippen molar-refractivity contribution in [2.45, 2.75) is 26.3 Å². The summed E-state index contributed by atoms with van der Waals surface area (Å²) in [4.78, 5) is 2.33. The minimum atomic E-state index is -0.0322. The Kier molecular flexibility index (Phi) is 5.70. The van der Waals surface area contributed by atoms with E-state index in [0.717, 1.165) is 17.1 Å². The number of nitrogens with zero attached hydrogens (tertiary/aromatic N) is 3. The van der Waals surface area contributed by atoms with Crippen LogP contribution in [0.15, 0.2) is 146 Å². The van der Waals surface area contributed by atoms with Gasteiger partial charge in [-0.15, -0.1) is 0 Å². The number of rotatable bonds is 4. The van der Waals surface area contributed by atoms with Crippen molar-refractivity contribution >= 4 is 60.7 Å². The fourth-order valence-electron chi connectivity index (χ4n) is 6.80. The number of benzene rings is 6. The summed E-state index contributed by atoms with van der Waals surface area (Å²) >= 11 is 0. The predicted octanol–water partition coefficient (Wildman–Crippen LogP) is 11.1. The Morgan fingerprint density at radius 2 is 0.907 bits per heavy atom. The van der Waals surface area contributed by atoms with Gasteiger partial charge in [-0.25, -0.2) is 0 Å². The van der Waals surface area contributed by atoms with Crippen molar-refractivity contribution in [2.75, 3.05) is 4.90 Å². The van der Waals surface area contributed by atoms with E-state index in [1.54, 1.807) is 0 Å². The van der Waals surface area contributed by atoms with Gasteiger partial charge < -0.3 is 14.0 Å². The van der Waals surface area contributed by atoms with Crippen LogP contribution in [0, 0.1) is 0 Å². The highest BCUT2D eigenvalue weighted by Gasteiger charge is 2.22. The lowest BCUT2D eigenvalue weighted by atomic mass is 10.1. The number of anilines is 3. The molecule has 0 saturated heterocycles. The van der Waals surface area contributed by atoms with Crippen molar-refractivity contribution in [3.63, 3.8) is 0 Å².